The molecule has 6 amide bonds. The molecule has 15 rings (SSSR count). The fourth-order valence-corrected chi connectivity index (χ4v) is 16.5. The second-order valence-corrected chi connectivity index (χ2v) is 32.3. The molecule has 0 unspecified atom stereocenters. The molecule has 31 nitrogen and oxygen atoms in total. The van der Waals surface area contributed by atoms with Gasteiger partial charge in [-0.3, -0.25) is 0 Å². The van der Waals surface area contributed by atoms with Crippen LogP contribution in [0.25, 0.3) is 65.5 Å². The molecule has 3 saturated heterocycles. The number of rotatable bonds is 18. The SMILES string of the molecule is CCS(=O)(=O)c1ccc(NC(=O)Nc2cccc(-c3sc(N4CCOCC4)nc3-c3ccnc(N)n3)c2)cc1.CS(=O)(=O)c1ccc(NC(=O)Nc2cccc(-c3sc(N4CCOCC4)nc3-c3ccnc(N)n3)c2)cc1.Nc1nccc(-c2nc(N3CCOCC3)sc2-c2cccc(NC(=O)Nc3ccc(F)cc3F)c2)n1. The third kappa shape index (κ3) is 20.5. The van der Waals surface area contributed by atoms with E-state index in [2.05, 4.69) is 76.5 Å². The van der Waals surface area contributed by atoms with Crippen LogP contribution in [-0.4, -0.2) is 171 Å². The summed E-state index contributed by atoms with van der Waals surface area (Å²) in [7, 11) is -6.63. The van der Waals surface area contributed by atoms with Gasteiger partial charge in [0.1, 0.15) is 28.7 Å². The Balaban J connectivity index is 0.000000148. The van der Waals surface area contributed by atoms with Crippen molar-refractivity contribution in [3.8, 4) is 65.5 Å². The second-order valence-electron chi connectivity index (χ2n) is 25.0. The fraction of sp³-hybridized carbons (Fsp3) is 0.200. The van der Waals surface area contributed by atoms with Crippen molar-refractivity contribution in [3.63, 3.8) is 0 Å². The summed E-state index contributed by atoms with van der Waals surface area (Å²) in [6.45, 7) is 9.78. The number of thiazole rings is 3. The Kier molecular flexibility index (Phi) is 25.0. The monoisotopic (exact) mass is 1630 g/mol. The van der Waals surface area contributed by atoms with Crippen LogP contribution in [0, 0.1) is 11.6 Å². The molecule has 38 heteroatoms. The van der Waals surface area contributed by atoms with E-state index in [1.54, 1.807) is 86.2 Å². The molecule has 0 atom stereocenters. The van der Waals surface area contributed by atoms with E-state index >= 15 is 0 Å². The highest BCUT2D eigenvalue weighted by molar-refractivity contribution is 7.91. The number of nitrogen functional groups attached to an aromatic ring is 3. The molecule has 0 spiro atoms. The highest BCUT2D eigenvalue weighted by Gasteiger charge is 2.27. The average molecular weight is 1630 g/mol. The normalized spacial score (nSPS) is 13.6. The van der Waals surface area contributed by atoms with Crippen molar-refractivity contribution in [1.29, 1.82) is 0 Å². The molecule has 3 aliphatic rings. The van der Waals surface area contributed by atoms with Crippen molar-refractivity contribution < 1.29 is 54.2 Å². The van der Waals surface area contributed by atoms with Crippen molar-refractivity contribution >= 4 is 139 Å². The topological polar surface area (TPSA) is 423 Å². The number of halogens is 2. The number of carbonyl (C=O) groups is 3. The van der Waals surface area contributed by atoms with Gasteiger partial charge in [0.15, 0.2) is 35.1 Å². The van der Waals surface area contributed by atoms with Crippen molar-refractivity contribution in [3.05, 3.63) is 188 Å². The number of hydrogen-bond acceptors (Lipinski definition) is 28. The maximum atomic E-state index is 13.9. The second kappa shape index (κ2) is 35.8. The van der Waals surface area contributed by atoms with Gasteiger partial charge in [-0.1, -0.05) is 77.3 Å². The van der Waals surface area contributed by atoms with Crippen LogP contribution in [0.4, 0.5) is 90.5 Å². The zero-order valence-corrected chi connectivity index (χ0v) is 64.5. The lowest BCUT2D eigenvalue weighted by atomic mass is 10.1. The minimum atomic E-state index is -3.32. The summed E-state index contributed by atoms with van der Waals surface area (Å²) in [5, 5.41) is 18.7. The summed E-state index contributed by atoms with van der Waals surface area (Å²) in [6.07, 6.45) is 5.90. The predicted octanol–water partition coefficient (Wildman–Crippen LogP) is 12.5. The lowest BCUT2D eigenvalue weighted by Gasteiger charge is -2.26. The van der Waals surface area contributed by atoms with Crippen molar-refractivity contribution in [2.45, 2.75) is 16.7 Å². The van der Waals surface area contributed by atoms with Crippen LogP contribution in [0.3, 0.4) is 0 Å². The Bertz CT molecular complexity index is 5650. The Hall–Kier alpha value is -12.3. The number of morpholine rings is 3. The van der Waals surface area contributed by atoms with Gasteiger partial charge in [0.2, 0.25) is 17.8 Å². The number of carbonyl (C=O) groups excluding carboxylic acids is 3. The van der Waals surface area contributed by atoms with Gasteiger partial charge in [0.25, 0.3) is 0 Å². The summed E-state index contributed by atoms with van der Waals surface area (Å²) < 4.78 is 90.8. The molecule has 582 valence electrons. The van der Waals surface area contributed by atoms with Gasteiger partial charge in [0, 0.05) is 98.6 Å². The van der Waals surface area contributed by atoms with Gasteiger partial charge in [-0.15, -0.1) is 0 Å². The van der Waals surface area contributed by atoms with Gasteiger partial charge in [0.05, 0.1) is 92.6 Å². The van der Waals surface area contributed by atoms with Crippen LogP contribution in [-0.2, 0) is 33.9 Å². The molecule has 0 aliphatic carbocycles. The molecule has 12 aromatic rings. The fourth-order valence-electron chi connectivity index (χ4n) is 11.6. The third-order valence-corrected chi connectivity index (χ3v) is 23.5. The third-order valence-electron chi connectivity index (χ3n) is 17.2. The average Bonchev–Trinajstić information content (AvgIpc) is 1.66. The number of nitrogens with two attached hydrogens (primary N) is 3. The molecule has 113 heavy (non-hydrogen) atoms. The summed E-state index contributed by atoms with van der Waals surface area (Å²) >= 11 is 4.57. The number of amides is 6. The Labute approximate surface area is 659 Å². The van der Waals surface area contributed by atoms with Gasteiger partial charge >= 0.3 is 18.1 Å². The van der Waals surface area contributed by atoms with Gasteiger partial charge in [-0.05, 0) is 132 Å². The van der Waals surface area contributed by atoms with E-state index in [1.165, 1.54) is 70.4 Å². The summed E-state index contributed by atoms with van der Waals surface area (Å²) in [5.41, 5.74) is 26.2. The van der Waals surface area contributed by atoms with Gasteiger partial charge in [-0.25, -0.2) is 84.9 Å². The number of nitrogens with one attached hydrogen (secondary N) is 6. The van der Waals surface area contributed by atoms with E-state index in [-0.39, 0.29) is 39.1 Å². The highest BCUT2D eigenvalue weighted by Crippen LogP contribution is 2.44. The molecule has 9 heterocycles. The Morgan fingerprint density at radius 1 is 0.425 bits per heavy atom. The number of hydrogen-bond donors (Lipinski definition) is 9. The molecule has 3 aliphatic heterocycles. The Morgan fingerprint density at radius 3 is 1.09 bits per heavy atom. The lowest BCUT2D eigenvalue weighted by Crippen LogP contribution is -2.36. The van der Waals surface area contributed by atoms with Crippen LogP contribution in [0.5, 0.6) is 0 Å². The summed E-state index contributed by atoms with van der Waals surface area (Å²) in [5.74, 6) is -1.13. The van der Waals surface area contributed by atoms with E-state index < -0.39 is 49.4 Å². The Morgan fingerprint density at radius 2 is 0.761 bits per heavy atom. The first kappa shape index (κ1) is 78.8. The molecule has 0 saturated carbocycles. The van der Waals surface area contributed by atoms with E-state index in [1.807, 2.05) is 42.5 Å². The molecule has 0 radical (unpaired) electrons. The maximum Gasteiger partial charge on any atom is 0.323 e. The number of benzene rings is 6. The predicted molar refractivity (Wildman–Crippen MR) is 436 cm³/mol. The number of urea groups is 3. The van der Waals surface area contributed by atoms with Crippen LogP contribution in [0.1, 0.15) is 6.92 Å². The number of aromatic nitrogens is 9. The molecule has 0 bridgehead atoms. The number of ether oxygens (including phenoxy) is 3. The minimum absolute atomic E-state index is 0.0105. The van der Waals surface area contributed by atoms with E-state index in [9.17, 15) is 40.0 Å². The molecule has 3 fully saturated rings. The number of nitrogens with zero attached hydrogens (tertiary/aromatic N) is 12. The van der Waals surface area contributed by atoms with Gasteiger partial charge < -0.3 is 78.0 Å². The first-order valence-corrected chi connectivity index (χ1v) is 40.9. The van der Waals surface area contributed by atoms with Crippen LogP contribution < -0.4 is 63.8 Å². The smallest absolute Gasteiger partial charge is 0.323 e. The van der Waals surface area contributed by atoms with E-state index in [4.69, 9.17) is 46.4 Å². The zero-order valence-electron chi connectivity index (χ0n) is 60.4. The largest absolute Gasteiger partial charge is 0.378 e. The number of sulfone groups is 2. The van der Waals surface area contributed by atoms with Crippen molar-refractivity contribution in [2.75, 3.05) is 155 Å². The van der Waals surface area contributed by atoms with Crippen LogP contribution >= 0.6 is 34.0 Å². The quantitative estimate of drug-likeness (QED) is 0.0385. The highest BCUT2D eigenvalue weighted by atomic mass is 32.2. The molecular formula is C75H73F2N21O10S5. The van der Waals surface area contributed by atoms with E-state index in [0.717, 1.165) is 104 Å². The van der Waals surface area contributed by atoms with E-state index in [0.29, 0.717) is 108 Å². The molecular weight excluding hydrogens is 1550 g/mol. The first-order chi connectivity index (χ1) is 54.5. The molecule has 12 N–H and O–H groups in total. The van der Waals surface area contributed by atoms with Crippen molar-refractivity contribution in [2.24, 2.45) is 0 Å². The zero-order chi connectivity index (χ0) is 79.2. The standard InChI is InChI=1S/C26H27N7O4S2.C25H25N7O4S2.C24H21F2N7O2S/c1-2-39(35,36)20-8-6-18(7-9-20)29-25(34)30-19-5-3-4-17(16-19)23-22(21-10-11-28-24(27)31-21)32-26(38-23)33-12-14-37-15-13-33;1-38(34,35)19-7-5-17(6-8-19)28-24(33)29-18-4-2-3-16(15-18)22-21(20-9-10-27-23(26)30-20)31-25(37-22)32-11-13-36-14-12-32;25-15-4-5-18(17(26)13-15)31-23(34)29-16-3-1-2-14(12-16)21-20(19-6-7-28-22(27)30-19)32-24(36-21)33-8-10-35-11-9-33/h3-11,16H,2,12-15H2,1H3,(H2,27,28,31)(H2,29,30,34);2-10,15H,11-14H2,1H3,(H2,26,27,30)(H2,28,29,33);1-7,12-13H,8-11H2,(H2,27,28,30)(H2,29,31,34). The van der Waals surface area contributed by atoms with Gasteiger partial charge in [-0.2, -0.15) is 0 Å². The molecule has 6 aromatic carbocycles. The lowest BCUT2D eigenvalue weighted by molar-refractivity contribution is 0.122. The van der Waals surface area contributed by atoms with Crippen LogP contribution in [0.2, 0.25) is 0 Å². The van der Waals surface area contributed by atoms with Crippen molar-refractivity contribution in [1.82, 2.24) is 44.9 Å². The minimum Gasteiger partial charge on any atom is -0.378 e. The number of anilines is 12. The van der Waals surface area contributed by atoms with Crippen LogP contribution in [0.15, 0.2) is 186 Å². The molecule has 6 aromatic heterocycles. The first-order valence-electron chi connectivity index (χ1n) is 34.9. The maximum absolute atomic E-state index is 13.9. The summed E-state index contributed by atoms with van der Waals surface area (Å²) in [4.78, 5) is 87.0. The summed E-state index contributed by atoms with van der Waals surface area (Å²) in [6, 6.07) is 40.7.